The van der Waals surface area contributed by atoms with Crippen molar-refractivity contribution in [1.82, 2.24) is 0 Å². The van der Waals surface area contributed by atoms with Crippen LogP contribution in [0.2, 0.25) is 0 Å². The number of Topliss-reactive ketones (excluding diaryl/α,β-unsaturated/α-hetero) is 1. The van der Waals surface area contributed by atoms with Crippen LogP contribution >= 0.6 is 12.2 Å². The molecule has 80 valence electrons. The van der Waals surface area contributed by atoms with Crippen LogP contribution in [0.25, 0.3) is 0 Å². The Hall–Kier alpha value is -1.22. The number of thiocarbonyl (C=S) groups is 1. The van der Waals surface area contributed by atoms with E-state index in [1.807, 2.05) is 30.3 Å². The van der Waals surface area contributed by atoms with Crippen LogP contribution in [0, 0.1) is 5.92 Å². The molecule has 1 rings (SSSR count). The summed E-state index contributed by atoms with van der Waals surface area (Å²) in [5, 5.41) is 0. The molecule has 0 aliphatic heterocycles. The Morgan fingerprint density at radius 1 is 1.40 bits per heavy atom. The van der Waals surface area contributed by atoms with Crippen LogP contribution in [0.5, 0.6) is 0 Å². The van der Waals surface area contributed by atoms with Gasteiger partial charge in [-0.25, -0.2) is 0 Å². The van der Waals surface area contributed by atoms with Gasteiger partial charge in [-0.2, -0.15) is 0 Å². The molecule has 3 heteroatoms. The second-order valence-corrected chi connectivity index (χ2v) is 4.06. The van der Waals surface area contributed by atoms with Crippen LogP contribution in [0.4, 0.5) is 0 Å². The summed E-state index contributed by atoms with van der Waals surface area (Å²) in [5.74, 6) is -0.223. The average Bonchev–Trinajstić information content (AvgIpc) is 2.18. The zero-order valence-electron chi connectivity index (χ0n) is 8.77. The first kappa shape index (κ1) is 11.9. The Bertz CT molecular complexity index is 334. The van der Waals surface area contributed by atoms with E-state index < -0.39 is 0 Å². The molecule has 2 N–H and O–H groups in total. The molecule has 0 radical (unpaired) electrons. The van der Waals surface area contributed by atoms with Gasteiger partial charge in [0, 0.05) is 0 Å². The van der Waals surface area contributed by atoms with Gasteiger partial charge in [0.25, 0.3) is 0 Å². The molecule has 1 unspecified atom stereocenters. The van der Waals surface area contributed by atoms with E-state index in [0.29, 0.717) is 11.4 Å². The van der Waals surface area contributed by atoms with Crippen molar-refractivity contribution >= 4 is 23.0 Å². The number of benzene rings is 1. The molecule has 1 atom stereocenters. The van der Waals surface area contributed by atoms with Crippen molar-refractivity contribution in [3.63, 3.8) is 0 Å². The van der Waals surface area contributed by atoms with Gasteiger partial charge < -0.3 is 5.73 Å². The molecule has 0 amide bonds. The lowest BCUT2D eigenvalue weighted by Crippen LogP contribution is -2.27. The number of carbonyl (C=O) groups excluding carboxylic acids is 1. The molecule has 0 saturated carbocycles. The fourth-order valence-electron chi connectivity index (χ4n) is 1.50. The first-order chi connectivity index (χ1) is 7.11. The van der Waals surface area contributed by atoms with Crippen molar-refractivity contribution in [3.05, 3.63) is 35.9 Å². The molecule has 0 bridgehead atoms. The minimum Gasteiger partial charge on any atom is -0.393 e. The fourth-order valence-corrected chi connectivity index (χ4v) is 1.79. The van der Waals surface area contributed by atoms with Crippen LogP contribution in [0.1, 0.15) is 18.9 Å². The molecule has 1 aromatic carbocycles. The van der Waals surface area contributed by atoms with Crippen molar-refractivity contribution in [2.45, 2.75) is 19.8 Å². The molecule has 0 fully saturated rings. The predicted octanol–water partition coefficient (Wildman–Crippen LogP) is 2.11. The largest absolute Gasteiger partial charge is 0.393 e. The van der Waals surface area contributed by atoms with E-state index in [1.54, 1.807) is 0 Å². The average molecular weight is 221 g/mol. The van der Waals surface area contributed by atoms with E-state index in [1.165, 1.54) is 12.5 Å². The molecule has 1 aromatic rings. The Kier molecular flexibility index (Phi) is 4.43. The summed E-state index contributed by atoms with van der Waals surface area (Å²) in [7, 11) is 0. The van der Waals surface area contributed by atoms with Crippen molar-refractivity contribution in [3.8, 4) is 0 Å². The lowest BCUT2D eigenvalue weighted by molar-refractivity contribution is -0.118. The third-order valence-electron chi connectivity index (χ3n) is 2.40. The van der Waals surface area contributed by atoms with E-state index >= 15 is 0 Å². The fraction of sp³-hybridized carbons (Fsp3) is 0.333. The third kappa shape index (κ3) is 3.80. The maximum Gasteiger partial charge on any atom is 0.139 e. The van der Waals surface area contributed by atoms with Gasteiger partial charge in [-0.3, -0.25) is 4.79 Å². The first-order valence-electron chi connectivity index (χ1n) is 4.95. The zero-order valence-corrected chi connectivity index (χ0v) is 9.59. The molecule has 0 aromatic heterocycles. The zero-order chi connectivity index (χ0) is 11.3. The third-order valence-corrected chi connectivity index (χ3v) is 2.68. The van der Waals surface area contributed by atoms with Gasteiger partial charge in [0.05, 0.1) is 10.9 Å². The Morgan fingerprint density at radius 3 is 2.47 bits per heavy atom. The SMILES string of the molecule is CC(=O)C(CCc1ccccc1)C(N)=S. The molecule has 0 spiro atoms. The maximum atomic E-state index is 11.2. The predicted molar refractivity (Wildman–Crippen MR) is 65.7 cm³/mol. The lowest BCUT2D eigenvalue weighted by atomic mass is 9.96. The number of rotatable bonds is 5. The number of ketones is 1. The van der Waals surface area contributed by atoms with Gasteiger partial charge in [-0.15, -0.1) is 0 Å². The van der Waals surface area contributed by atoms with E-state index in [4.69, 9.17) is 18.0 Å². The van der Waals surface area contributed by atoms with Gasteiger partial charge in [-0.1, -0.05) is 42.5 Å². The Labute approximate surface area is 95.5 Å². The summed E-state index contributed by atoms with van der Waals surface area (Å²) in [4.78, 5) is 11.5. The molecule has 2 nitrogen and oxygen atoms in total. The van der Waals surface area contributed by atoms with E-state index in [-0.39, 0.29) is 11.7 Å². The van der Waals surface area contributed by atoms with Crippen molar-refractivity contribution < 1.29 is 4.79 Å². The van der Waals surface area contributed by atoms with Crippen LogP contribution in [0.3, 0.4) is 0 Å². The molecule has 0 aliphatic carbocycles. The highest BCUT2D eigenvalue weighted by molar-refractivity contribution is 7.80. The molecule has 15 heavy (non-hydrogen) atoms. The van der Waals surface area contributed by atoms with Gasteiger partial charge in [0.15, 0.2) is 0 Å². The Morgan fingerprint density at radius 2 is 2.00 bits per heavy atom. The second kappa shape index (κ2) is 5.61. The number of hydrogen-bond donors (Lipinski definition) is 1. The van der Waals surface area contributed by atoms with E-state index in [2.05, 4.69) is 0 Å². The normalized spacial score (nSPS) is 12.1. The highest BCUT2D eigenvalue weighted by atomic mass is 32.1. The first-order valence-corrected chi connectivity index (χ1v) is 5.36. The molecule has 0 saturated heterocycles. The summed E-state index contributed by atoms with van der Waals surface area (Å²) in [5.41, 5.74) is 6.72. The van der Waals surface area contributed by atoms with Gasteiger partial charge in [-0.05, 0) is 25.3 Å². The van der Waals surface area contributed by atoms with Crippen molar-refractivity contribution in [1.29, 1.82) is 0 Å². The van der Waals surface area contributed by atoms with Crippen LogP contribution in [0.15, 0.2) is 30.3 Å². The summed E-state index contributed by atoms with van der Waals surface area (Å²) >= 11 is 4.87. The van der Waals surface area contributed by atoms with Crippen LogP contribution < -0.4 is 5.73 Å². The number of hydrogen-bond acceptors (Lipinski definition) is 2. The van der Waals surface area contributed by atoms with Crippen molar-refractivity contribution in [2.75, 3.05) is 0 Å². The molecular weight excluding hydrogens is 206 g/mol. The summed E-state index contributed by atoms with van der Waals surface area (Å²) < 4.78 is 0. The van der Waals surface area contributed by atoms with Gasteiger partial charge >= 0.3 is 0 Å². The van der Waals surface area contributed by atoms with Crippen LogP contribution in [-0.2, 0) is 11.2 Å². The lowest BCUT2D eigenvalue weighted by Gasteiger charge is -2.11. The van der Waals surface area contributed by atoms with Crippen molar-refractivity contribution in [2.24, 2.45) is 11.7 Å². The summed E-state index contributed by atoms with van der Waals surface area (Å²) in [6.45, 7) is 1.54. The minimum atomic E-state index is -0.278. The standard InChI is InChI=1S/C12H15NOS/c1-9(14)11(12(13)15)8-7-10-5-3-2-4-6-10/h2-6,11H,7-8H2,1H3,(H2,13,15). The maximum absolute atomic E-state index is 11.2. The summed E-state index contributed by atoms with van der Waals surface area (Å²) in [6, 6.07) is 10.0. The highest BCUT2D eigenvalue weighted by Gasteiger charge is 2.16. The van der Waals surface area contributed by atoms with E-state index in [0.717, 1.165) is 6.42 Å². The number of carbonyl (C=O) groups is 1. The second-order valence-electron chi connectivity index (χ2n) is 3.59. The number of aryl methyl sites for hydroxylation is 1. The topological polar surface area (TPSA) is 43.1 Å². The van der Waals surface area contributed by atoms with E-state index in [9.17, 15) is 4.79 Å². The highest BCUT2D eigenvalue weighted by Crippen LogP contribution is 2.11. The molecule has 0 heterocycles. The minimum absolute atomic E-state index is 0.0541. The van der Waals surface area contributed by atoms with Crippen LogP contribution in [-0.4, -0.2) is 10.8 Å². The monoisotopic (exact) mass is 221 g/mol. The summed E-state index contributed by atoms with van der Waals surface area (Å²) in [6.07, 6.45) is 1.54. The van der Waals surface area contributed by atoms with Gasteiger partial charge in [0.2, 0.25) is 0 Å². The number of nitrogens with two attached hydrogens (primary N) is 1. The smallest absolute Gasteiger partial charge is 0.139 e. The quantitative estimate of drug-likeness (QED) is 0.774. The van der Waals surface area contributed by atoms with Gasteiger partial charge in [0.1, 0.15) is 5.78 Å². The molecular formula is C12H15NOS. The Balaban J connectivity index is 2.55. The molecule has 0 aliphatic rings.